The van der Waals surface area contributed by atoms with Crippen LogP contribution >= 0.6 is 0 Å². The van der Waals surface area contributed by atoms with E-state index in [2.05, 4.69) is 5.32 Å². The van der Waals surface area contributed by atoms with Gasteiger partial charge < -0.3 is 15.2 Å². The number of hydrogen-bond donors (Lipinski definition) is 2. The fourth-order valence-electron chi connectivity index (χ4n) is 1.13. The summed E-state index contributed by atoms with van der Waals surface area (Å²) in [6, 6.07) is 0. The lowest BCUT2D eigenvalue weighted by atomic mass is 10.1. The minimum absolute atomic E-state index is 0.0555. The van der Waals surface area contributed by atoms with Crippen LogP contribution in [-0.4, -0.2) is 37.4 Å². The summed E-state index contributed by atoms with van der Waals surface area (Å²) in [6.07, 6.45) is 2.77. The Morgan fingerprint density at radius 1 is 1.53 bits per heavy atom. The van der Waals surface area contributed by atoms with Crippen molar-refractivity contribution in [3.05, 3.63) is 0 Å². The highest BCUT2D eigenvalue weighted by atomic mass is 16.5. The molecule has 4 nitrogen and oxygen atoms in total. The molecule has 0 aromatic carbocycles. The van der Waals surface area contributed by atoms with E-state index in [0.717, 1.165) is 19.3 Å². The van der Waals surface area contributed by atoms with Gasteiger partial charge in [0.2, 0.25) is 5.91 Å². The lowest BCUT2D eigenvalue weighted by Crippen LogP contribution is -2.28. The van der Waals surface area contributed by atoms with Crippen LogP contribution in [0.2, 0.25) is 0 Å². The molecule has 0 saturated heterocycles. The average molecular weight is 217 g/mol. The van der Waals surface area contributed by atoms with Crippen LogP contribution in [0.4, 0.5) is 0 Å². The first-order valence-electron chi connectivity index (χ1n) is 5.66. The Labute approximate surface area is 92.0 Å². The highest BCUT2D eigenvalue weighted by Gasteiger charge is 2.02. The summed E-state index contributed by atoms with van der Waals surface area (Å²) in [5, 5.41) is 11.6. The van der Waals surface area contributed by atoms with Gasteiger partial charge in [0, 0.05) is 19.8 Å². The molecule has 90 valence electrons. The predicted molar refractivity (Wildman–Crippen MR) is 59.6 cm³/mol. The molecule has 0 spiro atoms. The molecule has 0 aromatic heterocycles. The molecule has 1 atom stereocenters. The topological polar surface area (TPSA) is 58.6 Å². The Morgan fingerprint density at radius 3 is 2.87 bits per heavy atom. The number of rotatable bonds is 9. The van der Waals surface area contributed by atoms with E-state index in [0.29, 0.717) is 19.1 Å². The van der Waals surface area contributed by atoms with E-state index >= 15 is 0 Å². The lowest BCUT2D eigenvalue weighted by Gasteiger charge is -2.08. The van der Waals surface area contributed by atoms with Gasteiger partial charge in [0.15, 0.2) is 0 Å². The summed E-state index contributed by atoms with van der Waals surface area (Å²) in [5.41, 5.74) is 0. The number of carbonyl (C=O) groups excluding carboxylic acids is 1. The fraction of sp³-hybridized carbons (Fsp3) is 0.909. The summed E-state index contributed by atoms with van der Waals surface area (Å²) < 4.78 is 5.09. The molecule has 0 aliphatic heterocycles. The molecule has 1 unspecified atom stereocenters. The minimum Gasteiger partial charge on any atom is -0.396 e. The van der Waals surface area contributed by atoms with Crippen molar-refractivity contribution < 1.29 is 14.6 Å². The normalized spacial score (nSPS) is 12.5. The van der Waals surface area contributed by atoms with Crippen molar-refractivity contribution in [3.63, 3.8) is 0 Å². The smallest absolute Gasteiger partial charge is 0.245 e. The van der Waals surface area contributed by atoms with Gasteiger partial charge in [-0.2, -0.15) is 0 Å². The molecule has 1 amide bonds. The molecule has 0 aliphatic rings. The number of ether oxygens (including phenoxy) is 1. The second-order valence-electron chi connectivity index (χ2n) is 3.83. The Hall–Kier alpha value is -0.610. The monoisotopic (exact) mass is 217 g/mol. The number of hydrogen-bond acceptors (Lipinski definition) is 3. The SMILES string of the molecule is CCCOCC(=O)NCCCC(C)CO. The second-order valence-corrected chi connectivity index (χ2v) is 3.83. The minimum atomic E-state index is -0.0555. The maximum atomic E-state index is 11.1. The molecule has 0 heterocycles. The molecule has 0 fully saturated rings. The zero-order chi connectivity index (χ0) is 11.5. The van der Waals surface area contributed by atoms with E-state index in [9.17, 15) is 4.79 Å². The molecule has 4 heteroatoms. The van der Waals surface area contributed by atoms with Gasteiger partial charge in [-0.1, -0.05) is 13.8 Å². The summed E-state index contributed by atoms with van der Waals surface area (Å²) in [6.45, 7) is 5.67. The lowest BCUT2D eigenvalue weighted by molar-refractivity contribution is -0.125. The molecule has 0 bridgehead atoms. The van der Waals surface area contributed by atoms with E-state index in [1.54, 1.807) is 0 Å². The highest BCUT2D eigenvalue weighted by molar-refractivity contribution is 5.77. The van der Waals surface area contributed by atoms with Gasteiger partial charge in [-0.3, -0.25) is 4.79 Å². The van der Waals surface area contributed by atoms with Crippen LogP contribution in [0.3, 0.4) is 0 Å². The van der Waals surface area contributed by atoms with Crippen molar-refractivity contribution in [3.8, 4) is 0 Å². The van der Waals surface area contributed by atoms with Gasteiger partial charge in [0.25, 0.3) is 0 Å². The summed E-state index contributed by atoms with van der Waals surface area (Å²) in [4.78, 5) is 11.1. The number of carbonyl (C=O) groups is 1. The van der Waals surface area contributed by atoms with Crippen molar-refractivity contribution >= 4 is 5.91 Å². The Kier molecular flexibility index (Phi) is 9.52. The quantitative estimate of drug-likeness (QED) is 0.565. The second kappa shape index (κ2) is 9.93. The number of amides is 1. The summed E-state index contributed by atoms with van der Waals surface area (Å²) >= 11 is 0. The third-order valence-corrected chi connectivity index (χ3v) is 2.09. The first-order valence-corrected chi connectivity index (χ1v) is 5.66. The van der Waals surface area contributed by atoms with Crippen LogP contribution in [0.15, 0.2) is 0 Å². The maximum absolute atomic E-state index is 11.1. The Balaban J connectivity index is 3.23. The fourth-order valence-corrected chi connectivity index (χ4v) is 1.13. The van der Waals surface area contributed by atoms with Crippen molar-refractivity contribution in [2.45, 2.75) is 33.1 Å². The first kappa shape index (κ1) is 14.4. The van der Waals surface area contributed by atoms with Crippen LogP contribution in [0.1, 0.15) is 33.1 Å². The summed E-state index contributed by atoms with van der Waals surface area (Å²) in [5.74, 6) is 0.262. The Bertz CT molecular complexity index is 162. The average Bonchev–Trinajstić information content (AvgIpc) is 2.24. The van der Waals surface area contributed by atoms with E-state index in [1.807, 2.05) is 13.8 Å². The molecule has 0 radical (unpaired) electrons. The zero-order valence-corrected chi connectivity index (χ0v) is 9.79. The van der Waals surface area contributed by atoms with Crippen LogP contribution in [0.25, 0.3) is 0 Å². The molecule has 0 saturated carbocycles. The molecule has 2 N–H and O–H groups in total. The number of nitrogens with one attached hydrogen (secondary N) is 1. The molecule has 0 aliphatic carbocycles. The third kappa shape index (κ3) is 9.69. The first-order chi connectivity index (χ1) is 7.20. The van der Waals surface area contributed by atoms with E-state index in [-0.39, 0.29) is 19.1 Å². The van der Waals surface area contributed by atoms with Gasteiger partial charge in [0.1, 0.15) is 6.61 Å². The maximum Gasteiger partial charge on any atom is 0.245 e. The number of aliphatic hydroxyl groups excluding tert-OH is 1. The molecular formula is C11H23NO3. The summed E-state index contributed by atoms with van der Waals surface area (Å²) in [7, 11) is 0. The van der Waals surface area contributed by atoms with Crippen molar-refractivity contribution in [2.24, 2.45) is 5.92 Å². The van der Waals surface area contributed by atoms with Gasteiger partial charge in [0.05, 0.1) is 0 Å². The highest BCUT2D eigenvalue weighted by Crippen LogP contribution is 2.02. The molecular weight excluding hydrogens is 194 g/mol. The third-order valence-electron chi connectivity index (χ3n) is 2.09. The van der Waals surface area contributed by atoms with Crippen molar-refractivity contribution in [2.75, 3.05) is 26.4 Å². The largest absolute Gasteiger partial charge is 0.396 e. The van der Waals surface area contributed by atoms with Gasteiger partial charge >= 0.3 is 0 Å². The zero-order valence-electron chi connectivity index (χ0n) is 9.79. The van der Waals surface area contributed by atoms with Crippen molar-refractivity contribution in [1.82, 2.24) is 5.32 Å². The van der Waals surface area contributed by atoms with Gasteiger partial charge in [-0.25, -0.2) is 0 Å². The van der Waals surface area contributed by atoms with Gasteiger partial charge in [-0.05, 0) is 25.2 Å². The number of aliphatic hydroxyl groups is 1. The Morgan fingerprint density at radius 2 is 2.27 bits per heavy atom. The van der Waals surface area contributed by atoms with Crippen LogP contribution in [-0.2, 0) is 9.53 Å². The standard InChI is InChI=1S/C11H23NO3/c1-3-7-15-9-11(14)12-6-4-5-10(2)8-13/h10,13H,3-9H2,1-2H3,(H,12,14). The molecule has 0 aromatic rings. The molecule has 15 heavy (non-hydrogen) atoms. The molecule has 0 rings (SSSR count). The predicted octanol–water partition coefficient (Wildman–Crippen LogP) is 0.938. The van der Waals surface area contributed by atoms with E-state index in [1.165, 1.54) is 0 Å². The van der Waals surface area contributed by atoms with Crippen LogP contribution < -0.4 is 5.32 Å². The van der Waals surface area contributed by atoms with Crippen molar-refractivity contribution in [1.29, 1.82) is 0 Å². The van der Waals surface area contributed by atoms with Gasteiger partial charge in [-0.15, -0.1) is 0 Å². The van der Waals surface area contributed by atoms with E-state index in [4.69, 9.17) is 9.84 Å². The van der Waals surface area contributed by atoms with Crippen LogP contribution in [0, 0.1) is 5.92 Å². The van der Waals surface area contributed by atoms with Crippen LogP contribution in [0.5, 0.6) is 0 Å². The van der Waals surface area contributed by atoms with E-state index < -0.39 is 0 Å².